The number of fused-ring (bicyclic) bond motifs is 1. The molecule has 0 saturated heterocycles. The highest BCUT2D eigenvalue weighted by Crippen LogP contribution is 2.20. The quantitative estimate of drug-likeness (QED) is 0.693. The highest BCUT2D eigenvalue weighted by Gasteiger charge is 2.11. The molecule has 0 aliphatic heterocycles. The molecule has 2 aromatic heterocycles. The van der Waals surface area contributed by atoms with E-state index in [1.165, 1.54) is 7.11 Å². The minimum atomic E-state index is -0.328. The first-order valence-electron chi connectivity index (χ1n) is 7.28. The number of ether oxygens (including phenoxy) is 1. The number of carbonyl (C=O) groups excluding carboxylic acids is 1. The average molecular weight is 310 g/mol. The molecule has 118 valence electrons. The molecule has 0 aliphatic carbocycles. The van der Waals surface area contributed by atoms with Crippen LogP contribution in [-0.2, 0) is 11.3 Å². The van der Waals surface area contributed by atoms with E-state index >= 15 is 0 Å². The number of carbonyl (C=O) groups is 1. The first kappa shape index (κ1) is 15.0. The minimum absolute atomic E-state index is 0.328. The van der Waals surface area contributed by atoms with Crippen LogP contribution in [0.25, 0.3) is 5.52 Å². The Morgan fingerprint density at radius 2 is 2.04 bits per heavy atom. The highest BCUT2D eigenvalue weighted by molar-refractivity contribution is 5.89. The van der Waals surface area contributed by atoms with Crippen molar-refractivity contribution in [2.24, 2.45) is 0 Å². The van der Waals surface area contributed by atoms with E-state index in [-0.39, 0.29) is 5.97 Å². The SMILES string of the molecule is COC(=O)c1ccc(CN(C)c2nccn3nc(C)cc23)cc1. The maximum atomic E-state index is 11.5. The maximum Gasteiger partial charge on any atom is 0.337 e. The molecule has 0 bridgehead atoms. The molecule has 0 saturated carbocycles. The van der Waals surface area contributed by atoms with Crippen molar-refractivity contribution in [2.75, 3.05) is 19.1 Å². The molecule has 6 heteroatoms. The third-order valence-electron chi connectivity index (χ3n) is 3.65. The molecule has 23 heavy (non-hydrogen) atoms. The number of aryl methyl sites for hydroxylation is 1. The molecule has 2 heterocycles. The molecule has 1 aromatic carbocycles. The van der Waals surface area contributed by atoms with Crippen LogP contribution in [0, 0.1) is 6.92 Å². The summed E-state index contributed by atoms with van der Waals surface area (Å²) in [6.45, 7) is 2.64. The lowest BCUT2D eigenvalue weighted by atomic mass is 10.1. The van der Waals surface area contributed by atoms with Gasteiger partial charge in [0.1, 0.15) is 5.52 Å². The molecule has 6 nitrogen and oxygen atoms in total. The number of hydrogen-bond acceptors (Lipinski definition) is 5. The summed E-state index contributed by atoms with van der Waals surface area (Å²) in [7, 11) is 3.36. The Balaban J connectivity index is 1.83. The minimum Gasteiger partial charge on any atom is -0.465 e. The summed E-state index contributed by atoms with van der Waals surface area (Å²) < 4.78 is 6.54. The van der Waals surface area contributed by atoms with Gasteiger partial charge in [0.2, 0.25) is 0 Å². The summed E-state index contributed by atoms with van der Waals surface area (Å²) in [4.78, 5) is 18.0. The van der Waals surface area contributed by atoms with Crippen molar-refractivity contribution in [3.05, 3.63) is 59.5 Å². The van der Waals surface area contributed by atoms with Crippen LogP contribution in [0.1, 0.15) is 21.6 Å². The zero-order chi connectivity index (χ0) is 16.4. The molecule has 0 radical (unpaired) electrons. The van der Waals surface area contributed by atoms with Gasteiger partial charge in [0.25, 0.3) is 0 Å². The van der Waals surface area contributed by atoms with Gasteiger partial charge in [-0.15, -0.1) is 0 Å². The zero-order valence-electron chi connectivity index (χ0n) is 13.4. The Kier molecular flexibility index (Phi) is 3.97. The van der Waals surface area contributed by atoms with Gasteiger partial charge in [-0.05, 0) is 30.7 Å². The van der Waals surface area contributed by atoms with E-state index in [0.717, 1.165) is 22.6 Å². The van der Waals surface area contributed by atoms with Crippen LogP contribution >= 0.6 is 0 Å². The van der Waals surface area contributed by atoms with Crippen molar-refractivity contribution in [3.8, 4) is 0 Å². The van der Waals surface area contributed by atoms with Crippen molar-refractivity contribution in [3.63, 3.8) is 0 Å². The number of methoxy groups -OCH3 is 1. The van der Waals surface area contributed by atoms with Crippen LogP contribution in [0.2, 0.25) is 0 Å². The normalized spacial score (nSPS) is 10.7. The smallest absolute Gasteiger partial charge is 0.337 e. The van der Waals surface area contributed by atoms with Gasteiger partial charge in [-0.25, -0.2) is 14.3 Å². The summed E-state index contributed by atoms with van der Waals surface area (Å²) >= 11 is 0. The number of nitrogens with zero attached hydrogens (tertiary/aromatic N) is 4. The van der Waals surface area contributed by atoms with E-state index in [9.17, 15) is 4.79 Å². The number of rotatable bonds is 4. The topological polar surface area (TPSA) is 59.7 Å². The fraction of sp³-hybridized carbons (Fsp3) is 0.235. The second kappa shape index (κ2) is 6.08. The molecule has 0 spiro atoms. The third kappa shape index (κ3) is 3.01. The number of hydrogen-bond donors (Lipinski definition) is 0. The first-order chi connectivity index (χ1) is 11.1. The van der Waals surface area contributed by atoms with Crippen LogP contribution in [0.5, 0.6) is 0 Å². The van der Waals surface area contributed by atoms with Crippen molar-refractivity contribution in [1.29, 1.82) is 0 Å². The number of anilines is 1. The van der Waals surface area contributed by atoms with Gasteiger partial charge in [-0.2, -0.15) is 5.10 Å². The molecule has 0 fully saturated rings. The number of aromatic nitrogens is 3. The summed E-state index contributed by atoms with van der Waals surface area (Å²) in [5.74, 6) is 0.538. The van der Waals surface area contributed by atoms with E-state index in [1.54, 1.807) is 18.3 Å². The molecular weight excluding hydrogens is 292 g/mol. The van der Waals surface area contributed by atoms with Crippen LogP contribution in [0.4, 0.5) is 5.82 Å². The Hall–Kier alpha value is -2.89. The molecule has 0 N–H and O–H groups in total. The van der Waals surface area contributed by atoms with Crippen LogP contribution in [-0.4, -0.2) is 34.7 Å². The van der Waals surface area contributed by atoms with Crippen LogP contribution in [0.15, 0.2) is 42.7 Å². The predicted octanol–water partition coefficient (Wildman–Crippen LogP) is 2.46. The van der Waals surface area contributed by atoms with Gasteiger partial charge in [0.05, 0.1) is 18.4 Å². The molecular formula is C17H18N4O2. The van der Waals surface area contributed by atoms with E-state index in [2.05, 4.69) is 15.0 Å². The Bertz CT molecular complexity index is 839. The summed E-state index contributed by atoms with van der Waals surface area (Å²) in [6, 6.07) is 9.40. The number of benzene rings is 1. The molecule has 0 unspecified atom stereocenters. The van der Waals surface area contributed by atoms with E-state index in [4.69, 9.17) is 4.74 Å². The standard InChI is InChI=1S/C17H18N4O2/c1-12-10-15-16(18-8-9-21(15)19-12)20(2)11-13-4-6-14(7-5-13)17(22)23-3/h4-10H,11H2,1-3H3. The Labute approximate surface area is 134 Å². The Morgan fingerprint density at radius 3 is 2.74 bits per heavy atom. The van der Waals surface area contributed by atoms with Crippen LogP contribution in [0.3, 0.4) is 0 Å². The molecule has 0 aliphatic rings. The Morgan fingerprint density at radius 1 is 1.30 bits per heavy atom. The third-order valence-corrected chi connectivity index (χ3v) is 3.65. The van der Waals surface area contributed by atoms with Crippen molar-refractivity contribution in [2.45, 2.75) is 13.5 Å². The molecule has 0 atom stereocenters. The fourth-order valence-corrected chi connectivity index (χ4v) is 2.54. The highest BCUT2D eigenvalue weighted by atomic mass is 16.5. The summed E-state index contributed by atoms with van der Waals surface area (Å²) in [6.07, 6.45) is 3.58. The van der Waals surface area contributed by atoms with Gasteiger partial charge in [0.15, 0.2) is 5.82 Å². The lowest BCUT2D eigenvalue weighted by Gasteiger charge is -2.19. The van der Waals surface area contributed by atoms with E-state index in [0.29, 0.717) is 12.1 Å². The second-order valence-electron chi connectivity index (χ2n) is 5.41. The molecule has 3 rings (SSSR count). The maximum absolute atomic E-state index is 11.5. The largest absolute Gasteiger partial charge is 0.465 e. The van der Waals surface area contributed by atoms with Crippen molar-refractivity contribution >= 4 is 17.3 Å². The zero-order valence-corrected chi connectivity index (χ0v) is 13.4. The van der Waals surface area contributed by atoms with E-state index in [1.807, 2.05) is 42.9 Å². The van der Waals surface area contributed by atoms with Crippen molar-refractivity contribution in [1.82, 2.24) is 14.6 Å². The van der Waals surface area contributed by atoms with Gasteiger partial charge < -0.3 is 9.64 Å². The van der Waals surface area contributed by atoms with Gasteiger partial charge >= 0.3 is 5.97 Å². The molecule has 0 amide bonds. The number of esters is 1. The second-order valence-corrected chi connectivity index (χ2v) is 5.41. The van der Waals surface area contributed by atoms with Gasteiger partial charge in [-0.1, -0.05) is 12.1 Å². The van der Waals surface area contributed by atoms with Gasteiger partial charge in [0, 0.05) is 26.0 Å². The monoisotopic (exact) mass is 310 g/mol. The lowest BCUT2D eigenvalue weighted by Crippen LogP contribution is -2.18. The predicted molar refractivity (Wildman–Crippen MR) is 87.6 cm³/mol. The van der Waals surface area contributed by atoms with E-state index < -0.39 is 0 Å². The molecule has 3 aromatic rings. The lowest BCUT2D eigenvalue weighted by molar-refractivity contribution is 0.0600. The first-order valence-corrected chi connectivity index (χ1v) is 7.28. The summed E-state index contributed by atoms with van der Waals surface area (Å²) in [5.41, 5.74) is 3.56. The van der Waals surface area contributed by atoms with Crippen molar-refractivity contribution < 1.29 is 9.53 Å². The summed E-state index contributed by atoms with van der Waals surface area (Å²) in [5, 5.41) is 4.40. The fourth-order valence-electron chi connectivity index (χ4n) is 2.54. The average Bonchev–Trinajstić information content (AvgIpc) is 2.94. The van der Waals surface area contributed by atoms with Gasteiger partial charge in [-0.3, -0.25) is 0 Å². The van der Waals surface area contributed by atoms with Crippen LogP contribution < -0.4 is 4.90 Å².